The fraction of sp³-hybridized carbons (Fsp3) is 0.568. The van der Waals surface area contributed by atoms with Gasteiger partial charge in [0.05, 0.1) is 48.8 Å². The third-order valence-corrected chi connectivity index (χ3v) is 14.6. The molecule has 364 valence electrons. The average molecular weight is 955 g/mol. The minimum atomic E-state index is -4.60. The lowest BCUT2D eigenvalue weighted by Gasteiger charge is -2.35. The number of nitrogens with zero attached hydrogens (tertiary/aromatic N) is 11. The number of aromatic nitrogens is 6. The van der Waals surface area contributed by atoms with Gasteiger partial charge in [0.1, 0.15) is 23.3 Å². The minimum absolute atomic E-state index is 0.0655. The summed E-state index contributed by atoms with van der Waals surface area (Å²) in [5.74, 6) is 2.90. The molecule has 18 nitrogen and oxygen atoms in total. The second-order valence-electron chi connectivity index (χ2n) is 18.8. The van der Waals surface area contributed by atoms with Crippen molar-refractivity contribution in [3.8, 4) is 22.5 Å². The molecule has 4 atom stereocenters. The highest BCUT2D eigenvalue weighted by atomic mass is 19.4. The van der Waals surface area contributed by atoms with Crippen LogP contribution in [-0.4, -0.2) is 130 Å². The number of fused-ring (bicyclic) bond motifs is 6. The van der Waals surface area contributed by atoms with Crippen LogP contribution in [-0.2, 0) is 32.0 Å². The number of nitrogens with two attached hydrogens (primary N) is 2. The number of alkyl halides is 6. The normalized spacial score (nSPS) is 27.2. The summed E-state index contributed by atoms with van der Waals surface area (Å²) in [4.78, 5) is 57.1. The highest BCUT2D eigenvalue weighted by Gasteiger charge is 2.48. The Kier molecular flexibility index (Phi) is 11.9. The lowest BCUT2D eigenvalue weighted by atomic mass is 9.86. The molecule has 0 unspecified atom stereocenters. The van der Waals surface area contributed by atoms with Crippen molar-refractivity contribution in [2.75, 3.05) is 84.6 Å². The molecule has 2 saturated carbocycles. The summed E-state index contributed by atoms with van der Waals surface area (Å²) in [6, 6.07) is 7.45. The van der Waals surface area contributed by atoms with E-state index in [1.54, 1.807) is 19.1 Å². The van der Waals surface area contributed by atoms with Crippen molar-refractivity contribution in [1.82, 2.24) is 40.1 Å². The molecule has 12 heterocycles. The van der Waals surface area contributed by atoms with Crippen LogP contribution in [0, 0.1) is 11.8 Å². The highest BCUT2D eigenvalue weighted by molar-refractivity contribution is 5.75. The van der Waals surface area contributed by atoms with Gasteiger partial charge in [-0.05, 0) is 62.5 Å². The van der Waals surface area contributed by atoms with E-state index >= 15 is 0 Å². The number of rotatable bonds is 8. The fourth-order valence-corrected chi connectivity index (χ4v) is 11.2. The Labute approximate surface area is 387 Å². The zero-order chi connectivity index (χ0) is 47.8. The van der Waals surface area contributed by atoms with E-state index in [1.165, 1.54) is 26.6 Å². The average Bonchev–Trinajstić information content (AvgIpc) is 4.15. The molecule has 0 spiro atoms. The topological polar surface area (TPSA) is 202 Å². The first-order valence-electron chi connectivity index (χ1n) is 22.7. The van der Waals surface area contributed by atoms with E-state index < -0.39 is 35.1 Å². The number of likely N-dealkylation sites (tertiary alicyclic amines) is 1. The Balaban J connectivity index is 0.000000145. The molecule has 10 fully saturated rings. The van der Waals surface area contributed by atoms with E-state index in [0.29, 0.717) is 83.8 Å². The number of anilines is 6. The number of amides is 1. The van der Waals surface area contributed by atoms with Crippen molar-refractivity contribution in [2.45, 2.75) is 94.1 Å². The van der Waals surface area contributed by atoms with Gasteiger partial charge in [0.2, 0.25) is 17.8 Å². The van der Waals surface area contributed by atoms with Crippen LogP contribution in [0.25, 0.3) is 22.5 Å². The number of hydrogen-bond donors (Lipinski definition) is 3. The van der Waals surface area contributed by atoms with Gasteiger partial charge in [0, 0.05) is 106 Å². The van der Waals surface area contributed by atoms with Crippen LogP contribution in [0.4, 0.5) is 61.5 Å². The van der Waals surface area contributed by atoms with Gasteiger partial charge in [-0.25, -0.2) is 29.7 Å². The van der Waals surface area contributed by atoms with Gasteiger partial charge < -0.3 is 41.3 Å². The largest absolute Gasteiger partial charge is 0.419 e. The minimum Gasteiger partial charge on any atom is -0.383 e. The number of nitrogen functional groups attached to an aromatic ring is 2. The smallest absolute Gasteiger partial charge is 0.383 e. The summed E-state index contributed by atoms with van der Waals surface area (Å²) in [5.41, 5.74) is 10.5. The monoisotopic (exact) mass is 954 g/mol. The number of pyridine rings is 2. The Morgan fingerprint density at radius 3 is 1.47 bits per heavy atom. The molecule has 24 heteroatoms. The molecule has 1 amide bonds. The van der Waals surface area contributed by atoms with Crippen LogP contribution in [0.15, 0.2) is 36.7 Å². The lowest BCUT2D eigenvalue weighted by molar-refractivity contribution is -0.491. The predicted octanol–water partition coefficient (Wildman–Crippen LogP) is 4.96. The maximum atomic E-state index is 13.5. The highest BCUT2D eigenvalue weighted by Crippen LogP contribution is 2.46. The van der Waals surface area contributed by atoms with Crippen molar-refractivity contribution >= 4 is 41.1 Å². The summed E-state index contributed by atoms with van der Waals surface area (Å²) in [6.45, 7) is 6.39. The van der Waals surface area contributed by atoms with Crippen LogP contribution < -0.4 is 36.4 Å². The van der Waals surface area contributed by atoms with Gasteiger partial charge in [-0.3, -0.25) is 4.79 Å². The lowest BCUT2D eigenvalue weighted by Crippen LogP contribution is -2.48. The Morgan fingerprint density at radius 2 is 1.12 bits per heavy atom. The summed E-state index contributed by atoms with van der Waals surface area (Å²) in [5, 5.41) is 7.30. The van der Waals surface area contributed by atoms with Crippen LogP contribution in [0.1, 0.15) is 56.6 Å². The molecule has 4 aromatic heterocycles. The molecular weight excluding hydrogens is 903 g/mol. The molecule has 10 aliphatic rings. The van der Waals surface area contributed by atoms with Crippen LogP contribution in [0.5, 0.6) is 0 Å². The Hall–Kier alpha value is -5.85. The number of carbonyl (C=O) groups excluding carboxylic acids is 1. The maximum absolute atomic E-state index is 13.5. The van der Waals surface area contributed by atoms with Gasteiger partial charge >= 0.3 is 12.4 Å². The number of nitrogens with one attached hydrogen (secondary N) is 1. The number of halogens is 6. The zero-order valence-corrected chi connectivity index (χ0v) is 37.5. The third-order valence-electron chi connectivity index (χ3n) is 14.6. The maximum Gasteiger partial charge on any atom is 0.419 e. The summed E-state index contributed by atoms with van der Waals surface area (Å²) >= 11 is 0. The second-order valence-corrected chi connectivity index (χ2v) is 18.8. The molecule has 2 aliphatic carbocycles. The molecular formula is C44H52F6N14O4. The quantitative estimate of drug-likeness (QED) is 0.121. The van der Waals surface area contributed by atoms with E-state index in [1.807, 2.05) is 4.90 Å². The molecule has 5 N–H and O–H groups in total. The molecule has 8 saturated heterocycles. The van der Waals surface area contributed by atoms with Crippen LogP contribution >= 0.6 is 0 Å². The van der Waals surface area contributed by atoms with E-state index in [4.69, 9.17) is 21.4 Å². The van der Waals surface area contributed by atoms with Crippen molar-refractivity contribution in [3.05, 3.63) is 47.8 Å². The molecule has 0 radical (unpaired) electrons. The summed E-state index contributed by atoms with van der Waals surface area (Å²) in [7, 11) is 2.73. The van der Waals surface area contributed by atoms with Gasteiger partial charge in [-0.2, -0.15) is 36.3 Å². The SMILES string of the molecule is CC(=O)N1C[C@@H]2C[C@H]1CN2c1cc(-c2cnc(N)c(C(F)(F)F)c2)nc(N2CC3CC2C3)n1.COOOC.Nc1ncc(-c2cc(N3C[C@@H]4C[C@H]3CN4)nc(N3CC4CC3C4)n2)cc1C(F)(F)F. The third kappa shape index (κ3) is 8.74. The van der Waals surface area contributed by atoms with E-state index in [0.717, 1.165) is 82.7 Å². The number of carbonyl (C=O) groups is 1. The second kappa shape index (κ2) is 17.6. The first-order chi connectivity index (χ1) is 32.4. The number of hydrogen-bond acceptors (Lipinski definition) is 17. The Bertz CT molecular complexity index is 2540. The van der Waals surface area contributed by atoms with E-state index in [9.17, 15) is 31.1 Å². The van der Waals surface area contributed by atoms with Crippen molar-refractivity contribution in [2.24, 2.45) is 11.8 Å². The molecule has 8 bridgehead atoms. The summed E-state index contributed by atoms with van der Waals surface area (Å²) in [6.07, 6.45) is -0.0615. The van der Waals surface area contributed by atoms with Gasteiger partial charge in [-0.1, -0.05) is 5.04 Å². The molecule has 68 heavy (non-hydrogen) atoms. The van der Waals surface area contributed by atoms with Crippen LogP contribution in [0.2, 0.25) is 0 Å². The van der Waals surface area contributed by atoms with Gasteiger partial charge in [-0.15, -0.1) is 0 Å². The standard InChI is InChI=1S/C22H24F3N7O.C20H22F3N7.C2H6O3/c1-11(33)30-9-16-5-15(30)10-31(16)19-6-18(13-4-17(22(23,24)25)20(26)27-7-13)28-21(29-19)32-8-12-2-14(32)3-12;21-20(22,23)15-3-11(6-26-18(15)24)16-5-17(29-9-12-4-14(29)7-25-12)28-19(27-16)30-8-10-1-13(30)2-10;1-3-5-4-2/h4,6-7,12,14-16H,2-3,5,8-10H2,1H3,(H2,26,27);3,5-6,10,12-14,25H,1-2,4,7-9H2,(H2,24,26);1-2H3/t12?,14?,15-,16-;10?,12-,13?,14-;/m00./s1. The predicted molar refractivity (Wildman–Crippen MR) is 237 cm³/mol. The van der Waals surface area contributed by atoms with Crippen LogP contribution in [0.3, 0.4) is 0 Å². The fourth-order valence-electron chi connectivity index (χ4n) is 11.2. The van der Waals surface area contributed by atoms with Crippen molar-refractivity contribution in [1.29, 1.82) is 0 Å². The van der Waals surface area contributed by atoms with Crippen molar-refractivity contribution < 1.29 is 46.0 Å². The zero-order valence-electron chi connectivity index (χ0n) is 37.5. The Morgan fingerprint density at radius 1 is 0.618 bits per heavy atom. The van der Waals surface area contributed by atoms with Gasteiger partial charge in [0.15, 0.2) is 0 Å². The first-order valence-corrected chi connectivity index (χ1v) is 22.7. The van der Waals surface area contributed by atoms with E-state index in [2.05, 4.69) is 59.7 Å². The molecule has 8 aliphatic heterocycles. The number of piperazine rings is 2. The van der Waals surface area contributed by atoms with Gasteiger partial charge in [0.25, 0.3) is 0 Å². The first kappa shape index (κ1) is 45.9. The molecule has 0 aromatic carbocycles. The molecule has 14 rings (SSSR count). The summed E-state index contributed by atoms with van der Waals surface area (Å²) < 4.78 is 80.5. The molecule has 4 aromatic rings. The van der Waals surface area contributed by atoms with Crippen molar-refractivity contribution in [3.63, 3.8) is 0 Å². The van der Waals surface area contributed by atoms with E-state index in [-0.39, 0.29) is 23.6 Å².